The van der Waals surface area contributed by atoms with E-state index in [0.29, 0.717) is 17.2 Å². The summed E-state index contributed by atoms with van der Waals surface area (Å²) in [4.78, 5) is 17.7. The zero-order chi connectivity index (χ0) is 13.3. The number of nitrogens with two attached hydrogens (primary N) is 1. The number of hydrogen-bond donors (Lipinski definition) is 2. The van der Waals surface area contributed by atoms with Gasteiger partial charge in [-0.25, -0.2) is 4.98 Å². The van der Waals surface area contributed by atoms with Crippen LogP contribution in [0.3, 0.4) is 0 Å². The highest BCUT2D eigenvalue weighted by Gasteiger charge is 2.14. The van der Waals surface area contributed by atoms with Gasteiger partial charge in [0, 0.05) is 19.2 Å². The van der Waals surface area contributed by atoms with E-state index in [9.17, 15) is 9.90 Å². The van der Waals surface area contributed by atoms with E-state index < -0.39 is 6.10 Å². The van der Waals surface area contributed by atoms with Gasteiger partial charge >= 0.3 is 0 Å². The topological polar surface area (TPSA) is 79.5 Å². The van der Waals surface area contributed by atoms with E-state index in [1.54, 1.807) is 32.2 Å². The molecule has 1 aromatic carbocycles. The molecule has 0 fully saturated rings. The number of aliphatic hydroxyl groups is 1. The fourth-order valence-corrected chi connectivity index (χ4v) is 2.55. The van der Waals surface area contributed by atoms with Crippen LogP contribution < -0.4 is 5.73 Å². The lowest BCUT2D eigenvalue weighted by Crippen LogP contribution is -2.32. The maximum absolute atomic E-state index is 12.1. The summed E-state index contributed by atoms with van der Waals surface area (Å²) >= 11 is 1.36. The van der Waals surface area contributed by atoms with Gasteiger partial charge in [0.25, 0.3) is 5.91 Å². The number of aliphatic hydroxyl groups excluding tert-OH is 1. The highest BCUT2D eigenvalue weighted by Crippen LogP contribution is 2.24. The fourth-order valence-electron chi connectivity index (χ4n) is 1.78. The van der Waals surface area contributed by atoms with Crippen molar-refractivity contribution in [3.05, 3.63) is 23.8 Å². The second kappa shape index (κ2) is 4.91. The fraction of sp³-hybridized carbons (Fsp3) is 0.333. The summed E-state index contributed by atoms with van der Waals surface area (Å²) in [6, 6.07) is 5.29. The molecule has 6 heteroatoms. The number of nitrogens with zero attached hydrogens (tertiary/aromatic N) is 2. The number of anilines is 1. The third kappa shape index (κ3) is 2.60. The predicted molar refractivity (Wildman–Crippen MR) is 72.7 cm³/mol. The summed E-state index contributed by atoms with van der Waals surface area (Å²) in [5.41, 5.74) is 7.00. The molecule has 1 amide bonds. The first-order valence-electron chi connectivity index (χ1n) is 5.57. The maximum Gasteiger partial charge on any atom is 0.253 e. The molecule has 2 aromatic rings. The number of carbonyl (C=O) groups is 1. The van der Waals surface area contributed by atoms with E-state index in [-0.39, 0.29) is 5.91 Å². The lowest BCUT2D eigenvalue weighted by molar-refractivity contribution is 0.0704. The van der Waals surface area contributed by atoms with Crippen molar-refractivity contribution in [1.82, 2.24) is 9.88 Å². The molecule has 1 heterocycles. The van der Waals surface area contributed by atoms with Crippen molar-refractivity contribution in [2.24, 2.45) is 0 Å². The third-order valence-electron chi connectivity index (χ3n) is 2.54. The average Bonchev–Trinajstić information content (AvgIpc) is 2.65. The molecule has 1 unspecified atom stereocenters. The third-order valence-corrected chi connectivity index (χ3v) is 3.38. The number of hydrogen-bond acceptors (Lipinski definition) is 5. The molecule has 0 saturated heterocycles. The largest absolute Gasteiger partial charge is 0.392 e. The van der Waals surface area contributed by atoms with E-state index >= 15 is 0 Å². The van der Waals surface area contributed by atoms with Gasteiger partial charge in [-0.2, -0.15) is 0 Å². The first kappa shape index (κ1) is 12.8. The molecule has 0 saturated carbocycles. The van der Waals surface area contributed by atoms with E-state index in [2.05, 4.69) is 4.98 Å². The van der Waals surface area contributed by atoms with Crippen LogP contribution in [0.25, 0.3) is 10.2 Å². The van der Waals surface area contributed by atoms with Crippen LogP contribution in [-0.2, 0) is 0 Å². The van der Waals surface area contributed by atoms with Crippen molar-refractivity contribution >= 4 is 32.6 Å². The molecule has 0 aliphatic heterocycles. The molecule has 0 spiro atoms. The Bertz CT molecular complexity index is 580. The van der Waals surface area contributed by atoms with E-state index in [0.717, 1.165) is 10.2 Å². The van der Waals surface area contributed by atoms with Gasteiger partial charge in [-0.3, -0.25) is 4.79 Å². The Labute approximate surface area is 109 Å². The van der Waals surface area contributed by atoms with Crippen molar-refractivity contribution in [1.29, 1.82) is 0 Å². The molecule has 2 rings (SSSR count). The normalized spacial score (nSPS) is 12.6. The number of nitrogen functional groups attached to an aromatic ring is 1. The zero-order valence-electron chi connectivity index (χ0n) is 10.3. The number of thiazole rings is 1. The van der Waals surface area contributed by atoms with Crippen LogP contribution in [0, 0.1) is 0 Å². The van der Waals surface area contributed by atoms with E-state index in [1.807, 2.05) is 0 Å². The Morgan fingerprint density at radius 2 is 2.33 bits per heavy atom. The van der Waals surface area contributed by atoms with Gasteiger partial charge in [0.15, 0.2) is 5.13 Å². The minimum Gasteiger partial charge on any atom is -0.392 e. The number of likely N-dealkylation sites (N-methyl/N-ethyl adjacent to an activating group) is 1. The van der Waals surface area contributed by atoms with Crippen LogP contribution in [0.1, 0.15) is 17.3 Å². The van der Waals surface area contributed by atoms with Gasteiger partial charge in [-0.1, -0.05) is 11.3 Å². The molecule has 0 aliphatic rings. The summed E-state index contributed by atoms with van der Waals surface area (Å²) in [7, 11) is 1.67. The summed E-state index contributed by atoms with van der Waals surface area (Å²) in [6.07, 6.45) is -0.540. The van der Waals surface area contributed by atoms with Crippen LogP contribution in [0.2, 0.25) is 0 Å². The second-order valence-corrected chi connectivity index (χ2v) is 5.33. The molecule has 0 radical (unpaired) electrons. The van der Waals surface area contributed by atoms with Crippen molar-refractivity contribution in [2.45, 2.75) is 13.0 Å². The number of amides is 1. The Morgan fingerprint density at radius 1 is 1.61 bits per heavy atom. The Kier molecular flexibility index (Phi) is 3.49. The van der Waals surface area contributed by atoms with Gasteiger partial charge in [-0.05, 0) is 25.1 Å². The molecule has 96 valence electrons. The molecule has 1 atom stereocenters. The summed E-state index contributed by atoms with van der Waals surface area (Å²) in [5.74, 6) is -0.121. The van der Waals surface area contributed by atoms with Gasteiger partial charge in [0.05, 0.1) is 16.3 Å². The number of rotatable bonds is 3. The van der Waals surface area contributed by atoms with Gasteiger partial charge in [0.2, 0.25) is 0 Å². The van der Waals surface area contributed by atoms with Crippen LogP contribution in [0.15, 0.2) is 18.2 Å². The van der Waals surface area contributed by atoms with Crippen molar-refractivity contribution in [3.63, 3.8) is 0 Å². The number of fused-ring (bicyclic) bond motifs is 1. The molecule has 18 heavy (non-hydrogen) atoms. The summed E-state index contributed by atoms with van der Waals surface area (Å²) in [6.45, 7) is 1.96. The lowest BCUT2D eigenvalue weighted by Gasteiger charge is -2.18. The summed E-state index contributed by atoms with van der Waals surface area (Å²) in [5, 5.41) is 9.77. The quantitative estimate of drug-likeness (QED) is 0.877. The van der Waals surface area contributed by atoms with E-state index in [1.165, 1.54) is 16.2 Å². The van der Waals surface area contributed by atoms with Crippen molar-refractivity contribution in [2.75, 3.05) is 19.3 Å². The van der Waals surface area contributed by atoms with Crippen LogP contribution in [0.5, 0.6) is 0 Å². The summed E-state index contributed by atoms with van der Waals surface area (Å²) < 4.78 is 0.892. The van der Waals surface area contributed by atoms with Crippen molar-refractivity contribution < 1.29 is 9.90 Å². The minimum absolute atomic E-state index is 0.121. The highest BCUT2D eigenvalue weighted by atomic mass is 32.1. The Morgan fingerprint density at radius 3 is 3.00 bits per heavy atom. The van der Waals surface area contributed by atoms with Gasteiger partial charge < -0.3 is 15.7 Å². The Hall–Kier alpha value is -1.66. The van der Waals surface area contributed by atoms with Crippen LogP contribution >= 0.6 is 11.3 Å². The minimum atomic E-state index is -0.540. The molecule has 5 nitrogen and oxygen atoms in total. The molecule has 3 N–H and O–H groups in total. The van der Waals surface area contributed by atoms with Crippen LogP contribution in [0.4, 0.5) is 5.13 Å². The molecular formula is C12H15N3O2S. The second-order valence-electron chi connectivity index (χ2n) is 4.27. The number of carbonyl (C=O) groups excluding carboxylic acids is 1. The predicted octanol–water partition coefficient (Wildman–Crippen LogP) is 1.33. The standard InChI is InChI=1S/C12H15N3O2S/c1-7(16)6-15(2)11(17)8-3-4-9-10(5-8)18-12(13)14-9/h3-5,7,16H,6H2,1-2H3,(H2,13,14). The lowest BCUT2D eigenvalue weighted by atomic mass is 10.2. The molecule has 0 aliphatic carbocycles. The smallest absolute Gasteiger partial charge is 0.253 e. The molecular weight excluding hydrogens is 250 g/mol. The average molecular weight is 265 g/mol. The Balaban J connectivity index is 2.27. The number of benzene rings is 1. The zero-order valence-corrected chi connectivity index (χ0v) is 11.1. The highest BCUT2D eigenvalue weighted by molar-refractivity contribution is 7.22. The van der Waals surface area contributed by atoms with Crippen molar-refractivity contribution in [3.8, 4) is 0 Å². The maximum atomic E-state index is 12.1. The first-order chi connectivity index (χ1) is 8.47. The number of aromatic nitrogens is 1. The monoisotopic (exact) mass is 265 g/mol. The first-order valence-corrected chi connectivity index (χ1v) is 6.38. The molecule has 0 bridgehead atoms. The molecule has 1 aromatic heterocycles. The van der Waals surface area contributed by atoms with Gasteiger partial charge in [-0.15, -0.1) is 0 Å². The SMILES string of the molecule is CC(O)CN(C)C(=O)c1ccc2nc(N)sc2c1. The van der Waals surface area contributed by atoms with E-state index in [4.69, 9.17) is 5.73 Å². The van der Waals surface area contributed by atoms with Crippen LogP contribution in [-0.4, -0.2) is 40.6 Å². The van der Waals surface area contributed by atoms with Gasteiger partial charge in [0.1, 0.15) is 0 Å².